The standard InChI is InChI=1S/C15H11ClF2N4O2S/c16-9-2-1-3-10(6-9)23-8-12-5-4-11(24-12)7-19-22-14(13(17)18)20-21-15(22)25/h1-7,13H,8H2,(H,21,25)/b19-7-. The number of alkyl halides is 2. The number of halogens is 3. The van der Waals surface area contributed by atoms with Crippen molar-refractivity contribution < 1.29 is 17.9 Å². The number of benzene rings is 1. The summed E-state index contributed by atoms with van der Waals surface area (Å²) in [5.74, 6) is 0.919. The molecule has 0 saturated carbocycles. The monoisotopic (exact) mass is 384 g/mol. The summed E-state index contributed by atoms with van der Waals surface area (Å²) in [7, 11) is 0. The zero-order valence-electron chi connectivity index (χ0n) is 12.5. The van der Waals surface area contributed by atoms with Gasteiger partial charge in [0.05, 0.1) is 6.21 Å². The van der Waals surface area contributed by atoms with E-state index in [1.165, 1.54) is 6.21 Å². The van der Waals surface area contributed by atoms with Crippen molar-refractivity contribution in [3.05, 3.63) is 63.5 Å². The molecule has 0 aliphatic carbocycles. The van der Waals surface area contributed by atoms with Crippen LogP contribution in [-0.4, -0.2) is 21.1 Å². The first-order valence-corrected chi connectivity index (χ1v) is 7.78. The third-order valence-corrected chi connectivity index (χ3v) is 3.53. The Morgan fingerprint density at radius 1 is 1.40 bits per heavy atom. The second-order valence-corrected chi connectivity index (χ2v) is 5.62. The van der Waals surface area contributed by atoms with E-state index in [9.17, 15) is 8.78 Å². The molecule has 3 rings (SSSR count). The Balaban J connectivity index is 1.68. The van der Waals surface area contributed by atoms with Gasteiger partial charge in [-0.15, -0.1) is 0 Å². The Bertz CT molecular complexity index is 951. The largest absolute Gasteiger partial charge is 0.486 e. The zero-order valence-corrected chi connectivity index (χ0v) is 14.1. The Morgan fingerprint density at radius 2 is 2.24 bits per heavy atom. The van der Waals surface area contributed by atoms with E-state index in [2.05, 4.69) is 15.3 Å². The number of aromatic nitrogens is 3. The van der Waals surface area contributed by atoms with Gasteiger partial charge in [-0.2, -0.15) is 14.9 Å². The third-order valence-electron chi connectivity index (χ3n) is 3.03. The summed E-state index contributed by atoms with van der Waals surface area (Å²) < 4.78 is 37.4. The maximum absolute atomic E-state index is 12.8. The molecule has 0 unspecified atom stereocenters. The van der Waals surface area contributed by atoms with Gasteiger partial charge in [-0.05, 0) is 42.5 Å². The normalized spacial score (nSPS) is 11.5. The van der Waals surface area contributed by atoms with Crippen molar-refractivity contribution in [1.82, 2.24) is 14.9 Å². The van der Waals surface area contributed by atoms with Crippen LogP contribution in [0.25, 0.3) is 0 Å². The number of nitrogens with one attached hydrogen (secondary N) is 1. The number of hydrogen-bond acceptors (Lipinski definition) is 5. The Hall–Kier alpha value is -2.52. The molecule has 2 aromatic heterocycles. The Kier molecular flexibility index (Phi) is 5.25. The van der Waals surface area contributed by atoms with E-state index in [-0.39, 0.29) is 11.4 Å². The average Bonchev–Trinajstić information content (AvgIpc) is 3.17. The number of nitrogens with zero attached hydrogens (tertiary/aromatic N) is 3. The highest BCUT2D eigenvalue weighted by Crippen LogP contribution is 2.19. The quantitative estimate of drug-likeness (QED) is 0.498. The number of rotatable bonds is 6. The fourth-order valence-electron chi connectivity index (χ4n) is 1.92. The number of hydrogen-bond donors (Lipinski definition) is 1. The van der Waals surface area contributed by atoms with E-state index in [0.717, 1.165) is 4.68 Å². The summed E-state index contributed by atoms with van der Waals surface area (Å²) in [5.41, 5.74) is 0. The first-order chi connectivity index (χ1) is 12.0. The first kappa shape index (κ1) is 17.3. The molecule has 25 heavy (non-hydrogen) atoms. The van der Waals surface area contributed by atoms with E-state index >= 15 is 0 Å². The second kappa shape index (κ2) is 7.58. The molecule has 0 spiro atoms. The highest BCUT2D eigenvalue weighted by Gasteiger charge is 2.16. The second-order valence-electron chi connectivity index (χ2n) is 4.79. The topological polar surface area (TPSA) is 68.3 Å². The molecule has 130 valence electrons. The van der Waals surface area contributed by atoms with Crippen LogP contribution in [0.15, 0.2) is 45.9 Å². The molecule has 0 bridgehead atoms. The fraction of sp³-hybridized carbons (Fsp3) is 0.133. The fourth-order valence-corrected chi connectivity index (χ4v) is 2.29. The highest BCUT2D eigenvalue weighted by molar-refractivity contribution is 7.71. The molecule has 2 heterocycles. The number of furan rings is 1. The van der Waals surface area contributed by atoms with Gasteiger partial charge in [0.15, 0.2) is 0 Å². The van der Waals surface area contributed by atoms with Crippen molar-refractivity contribution in [2.45, 2.75) is 13.0 Å². The molecule has 0 amide bonds. The molecule has 1 aromatic carbocycles. The van der Waals surface area contributed by atoms with Crippen LogP contribution in [0.2, 0.25) is 5.02 Å². The lowest BCUT2D eigenvalue weighted by Gasteiger charge is -2.03. The van der Waals surface area contributed by atoms with Gasteiger partial charge in [-0.1, -0.05) is 17.7 Å². The van der Waals surface area contributed by atoms with Crippen molar-refractivity contribution in [3.63, 3.8) is 0 Å². The van der Waals surface area contributed by atoms with E-state index in [4.69, 9.17) is 33.0 Å². The minimum Gasteiger partial charge on any atom is -0.486 e. The molecule has 0 atom stereocenters. The van der Waals surface area contributed by atoms with E-state index in [1.54, 1.807) is 36.4 Å². The summed E-state index contributed by atoms with van der Waals surface area (Å²) in [6.07, 6.45) is -1.54. The lowest BCUT2D eigenvalue weighted by atomic mass is 10.3. The predicted molar refractivity (Wildman–Crippen MR) is 89.9 cm³/mol. The van der Waals surface area contributed by atoms with E-state index < -0.39 is 12.2 Å². The third kappa shape index (κ3) is 4.31. The van der Waals surface area contributed by atoms with Crippen LogP contribution in [0.4, 0.5) is 8.78 Å². The number of H-pyrrole nitrogens is 1. The van der Waals surface area contributed by atoms with Crippen LogP contribution in [0.5, 0.6) is 5.75 Å². The van der Waals surface area contributed by atoms with Gasteiger partial charge in [-0.25, -0.2) is 13.9 Å². The maximum atomic E-state index is 12.8. The molecule has 0 fully saturated rings. The zero-order chi connectivity index (χ0) is 17.8. The number of ether oxygens (including phenoxy) is 1. The molecule has 0 aliphatic heterocycles. The van der Waals surface area contributed by atoms with E-state index in [1.807, 2.05) is 0 Å². The smallest absolute Gasteiger partial charge is 0.299 e. The van der Waals surface area contributed by atoms with Crippen molar-refractivity contribution in [3.8, 4) is 5.75 Å². The number of aromatic amines is 1. The summed E-state index contributed by atoms with van der Waals surface area (Å²) in [6.45, 7) is 0.182. The Labute approximate surface area is 150 Å². The minimum atomic E-state index is -2.80. The van der Waals surface area contributed by atoms with Gasteiger partial charge in [0.1, 0.15) is 23.9 Å². The maximum Gasteiger partial charge on any atom is 0.299 e. The Morgan fingerprint density at radius 3 is 3.00 bits per heavy atom. The van der Waals surface area contributed by atoms with Gasteiger partial charge >= 0.3 is 0 Å². The lowest BCUT2D eigenvalue weighted by molar-refractivity contribution is 0.136. The van der Waals surface area contributed by atoms with Crippen LogP contribution >= 0.6 is 23.8 Å². The SMILES string of the molecule is FC(F)c1n[nH]c(=S)n1/N=C\c1ccc(COc2cccc(Cl)c2)o1. The van der Waals surface area contributed by atoms with Crippen molar-refractivity contribution >= 4 is 30.0 Å². The molecule has 3 aromatic rings. The summed E-state index contributed by atoms with van der Waals surface area (Å²) in [5, 5.41) is 10.1. The van der Waals surface area contributed by atoms with Crippen LogP contribution in [0, 0.1) is 4.77 Å². The van der Waals surface area contributed by atoms with E-state index in [0.29, 0.717) is 22.3 Å². The molecular weight excluding hydrogens is 374 g/mol. The van der Waals surface area contributed by atoms with Crippen LogP contribution in [0.3, 0.4) is 0 Å². The van der Waals surface area contributed by atoms with Crippen LogP contribution < -0.4 is 4.74 Å². The summed E-state index contributed by atoms with van der Waals surface area (Å²) in [4.78, 5) is 0. The lowest BCUT2D eigenvalue weighted by Crippen LogP contribution is -1.99. The average molecular weight is 385 g/mol. The van der Waals surface area contributed by atoms with Crippen molar-refractivity contribution in [1.29, 1.82) is 0 Å². The van der Waals surface area contributed by atoms with Gasteiger partial charge in [0, 0.05) is 5.02 Å². The van der Waals surface area contributed by atoms with Gasteiger partial charge in [0.25, 0.3) is 6.43 Å². The van der Waals surface area contributed by atoms with Gasteiger partial charge < -0.3 is 9.15 Å². The summed E-state index contributed by atoms with van der Waals surface area (Å²) in [6, 6.07) is 10.3. The molecule has 1 N–H and O–H groups in total. The molecule has 10 heteroatoms. The molecular formula is C15H11ClF2N4O2S. The van der Waals surface area contributed by atoms with Gasteiger partial charge in [-0.3, -0.25) is 0 Å². The first-order valence-electron chi connectivity index (χ1n) is 7.00. The van der Waals surface area contributed by atoms with Crippen molar-refractivity contribution in [2.24, 2.45) is 5.10 Å². The van der Waals surface area contributed by atoms with Crippen LogP contribution in [-0.2, 0) is 6.61 Å². The molecule has 0 aliphatic rings. The molecule has 0 saturated heterocycles. The highest BCUT2D eigenvalue weighted by atomic mass is 35.5. The van der Waals surface area contributed by atoms with Crippen LogP contribution in [0.1, 0.15) is 23.8 Å². The summed E-state index contributed by atoms with van der Waals surface area (Å²) >= 11 is 10.7. The van der Waals surface area contributed by atoms with Crippen molar-refractivity contribution in [2.75, 3.05) is 0 Å². The predicted octanol–water partition coefficient (Wildman–Crippen LogP) is 4.59. The molecule has 6 nitrogen and oxygen atoms in total. The molecule has 0 radical (unpaired) electrons. The van der Waals surface area contributed by atoms with Gasteiger partial charge in [0.2, 0.25) is 10.6 Å². The minimum absolute atomic E-state index is 0.0392.